The quantitative estimate of drug-likeness (QED) is 0.710. The highest BCUT2D eigenvalue weighted by molar-refractivity contribution is 5.90. The molecule has 0 aliphatic heterocycles. The molecule has 0 heterocycles. The minimum atomic E-state index is -0.109. The second kappa shape index (κ2) is 9.92. The average molecular weight is 290 g/mol. The van der Waals surface area contributed by atoms with E-state index >= 15 is 0 Å². The number of nitrogens with zero attached hydrogens (tertiary/aromatic N) is 1. The van der Waals surface area contributed by atoms with Gasteiger partial charge in [-0.2, -0.15) is 5.26 Å². The predicted molar refractivity (Wildman–Crippen MR) is 80.9 cm³/mol. The first-order chi connectivity index (χ1) is 10.1. The molecule has 1 rings (SSSR count). The average Bonchev–Trinajstić information content (AvgIpc) is 2.46. The number of nitrogens with one attached hydrogen (secondary N) is 1. The van der Waals surface area contributed by atoms with Crippen molar-refractivity contribution in [2.75, 3.05) is 31.7 Å². The Hall–Kier alpha value is -1.90. The maximum absolute atomic E-state index is 11.7. The summed E-state index contributed by atoms with van der Waals surface area (Å²) in [4.78, 5) is 11.7. The summed E-state index contributed by atoms with van der Waals surface area (Å²) in [6.07, 6.45) is 0.296. The SMILES string of the molecule is CC(C)COCCOCCC(=O)Nc1ccc(C#N)cc1. The number of hydrogen-bond acceptors (Lipinski definition) is 4. The van der Waals surface area contributed by atoms with Crippen molar-refractivity contribution in [2.24, 2.45) is 5.92 Å². The monoisotopic (exact) mass is 290 g/mol. The summed E-state index contributed by atoms with van der Waals surface area (Å²) >= 11 is 0. The molecule has 5 nitrogen and oxygen atoms in total. The number of amides is 1. The van der Waals surface area contributed by atoms with Crippen LogP contribution in [0.2, 0.25) is 0 Å². The Labute approximate surface area is 125 Å². The summed E-state index contributed by atoms with van der Waals surface area (Å²) in [7, 11) is 0. The van der Waals surface area contributed by atoms with Gasteiger partial charge in [0.15, 0.2) is 0 Å². The van der Waals surface area contributed by atoms with Gasteiger partial charge in [-0.3, -0.25) is 4.79 Å². The van der Waals surface area contributed by atoms with Gasteiger partial charge in [0.05, 0.1) is 37.9 Å². The molecule has 114 valence electrons. The Kier molecular flexibility index (Phi) is 8.10. The molecule has 1 aromatic carbocycles. The van der Waals surface area contributed by atoms with E-state index in [0.717, 1.165) is 6.61 Å². The predicted octanol–water partition coefficient (Wildman–Crippen LogP) is 2.58. The van der Waals surface area contributed by atoms with Crippen LogP contribution in [0.4, 0.5) is 5.69 Å². The van der Waals surface area contributed by atoms with Crippen LogP contribution in [0.25, 0.3) is 0 Å². The number of anilines is 1. The molecular weight excluding hydrogens is 268 g/mol. The first kappa shape index (κ1) is 17.2. The second-order valence-electron chi connectivity index (χ2n) is 5.07. The van der Waals surface area contributed by atoms with Crippen molar-refractivity contribution >= 4 is 11.6 Å². The summed E-state index contributed by atoms with van der Waals surface area (Å²) < 4.78 is 10.7. The first-order valence-corrected chi connectivity index (χ1v) is 7.07. The molecule has 0 fully saturated rings. The maximum Gasteiger partial charge on any atom is 0.226 e. The van der Waals surface area contributed by atoms with Crippen molar-refractivity contribution in [1.29, 1.82) is 5.26 Å². The fourth-order valence-corrected chi connectivity index (χ4v) is 1.56. The molecule has 0 atom stereocenters. The van der Waals surface area contributed by atoms with Crippen LogP contribution >= 0.6 is 0 Å². The van der Waals surface area contributed by atoms with E-state index in [4.69, 9.17) is 14.7 Å². The van der Waals surface area contributed by atoms with Crippen LogP contribution in [0.1, 0.15) is 25.8 Å². The lowest BCUT2D eigenvalue weighted by atomic mass is 10.2. The molecule has 1 N–H and O–H groups in total. The molecule has 0 aliphatic rings. The highest BCUT2D eigenvalue weighted by Gasteiger charge is 2.02. The highest BCUT2D eigenvalue weighted by Crippen LogP contribution is 2.08. The van der Waals surface area contributed by atoms with Crippen molar-refractivity contribution in [3.05, 3.63) is 29.8 Å². The Morgan fingerprint density at radius 1 is 1.19 bits per heavy atom. The van der Waals surface area contributed by atoms with Gasteiger partial charge in [-0.05, 0) is 30.2 Å². The van der Waals surface area contributed by atoms with E-state index in [9.17, 15) is 4.79 Å². The number of carbonyl (C=O) groups is 1. The largest absolute Gasteiger partial charge is 0.379 e. The summed E-state index contributed by atoms with van der Waals surface area (Å²) in [6, 6.07) is 8.77. The molecule has 0 saturated heterocycles. The fraction of sp³-hybridized carbons (Fsp3) is 0.500. The Morgan fingerprint density at radius 3 is 2.48 bits per heavy atom. The molecule has 0 saturated carbocycles. The number of ether oxygens (including phenoxy) is 2. The second-order valence-corrected chi connectivity index (χ2v) is 5.07. The molecule has 0 spiro atoms. The Bertz CT molecular complexity index is 463. The van der Waals surface area contributed by atoms with Gasteiger partial charge in [0.1, 0.15) is 0 Å². The number of benzene rings is 1. The molecule has 0 aromatic heterocycles. The van der Waals surface area contributed by atoms with Crippen LogP contribution in [0.3, 0.4) is 0 Å². The van der Waals surface area contributed by atoms with Crippen molar-refractivity contribution in [2.45, 2.75) is 20.3 Å². The van der Waals surface area contributed by atoms with Gasteiger partial charge in [-0.1, -0.05) is 13.8 Å². The van der Waals surface area contributed by atoms with Gasteiger partial charge in [-0.15, -0.1) is 0 Å². The van der Waals surface area contributed by atoms with E-state index in [1.807, 2.05) is 6.07 Å². The van der Waals surface area contributed by atoms with Crippen LogP contribution in [-0.4, -0.2) is 32.3 Å². The molecule has 1 aromatic rings. The van der Waals surface area contributed by atoms with Crippen LogP contribution < -0.4 is 5.32 Å². The van der Waals surface area contributed by atoms with Crippen molar-refractivity contribution in [1.82, 2.24) is 0 Å². The third kappa shape index (κ3) is 8.08. The molecule has 1 amide bonds. The zero-order valence-corrected chi connectivity index (χ0v) is 12.6. The number of carbonyl (C=O) groups excluding carboxylic acids is 1. The van der Waals surface area contributed by atoms with Gasteiger partial charge in [0.25, 0.3) is 0 Å². The van der Waals surface area contributed by atoms with E-state index in [1.165, 1.54) is 0 Å². The molecule has 0 aliphatic carbocycles. The number of rotatable bonds is 9. The Morgan fingerprint density at radius 2 is 1.86 bits per heavy atom. The third-order valence-electron chi connectivity index (χ3n) is 2.59. The molecule has 0 radical (unpaired) electrons. The van der Waals surface area contributed by atoms with E-state index in [1.54, 1.807) is 24.3 Å². The summed E-state index contributed by atoms with van der Waals surface area (Å²) in [5, 5.41) is 11.4. The van der Waals surface area contributed by atoms with Crippen LogP contribution in [0, 0.1) is 17.2 Å². The number of nitriles is 1. The minimum absolute atomic E-state index is 0.109. The normalized spacial score (nSPS) is 10.4. The molecule has 21 heavy (non-hydrogen) atoms. The summed E-state index contributed by atoms with van der Waals surface area (Å²) in [5.74, 6) is 0.408. The molecule has 0 bridgehead atoms. The first-order valence-electron chi connectivity index (χ1n) is 7.07. The standard InChI is InChI=1S/C16H22N2O3/c1-13(2)12-21-10-9-20-8-7-16(19)18-15-5-3-14(11-17)4-6-15/h3-6,13H,7-10,12H2,1-2H3,(H,18,19). The van der Waals surface area contributed by atoms with Gasteiger partial charge >= 0.3 is 0 Å². The molecular formula is C16H22N2O3. The number of hydrogen-bond donors (Lipinski definition) is 1. The van der Waals surface area contributed by atoms with E-state index in [2.05, 4.69) is 19.2 Å². The maximum atomic E-state index is 11.7. The van der Waals surface area contributed by atoms with Gasteiger partial charge < -0.3 is 14.8 Å². The van der Waals surface area contributed by atoms with Crippen LogP contribution in [0.5, 0.6) is 0 Å². The smallest absolute Gasteiger partial charge is 0.226 e. The van der Waals surface area contributed by atoms with E-state index < -0.39 is 0 Å². The minimum Gasteiger partial charge on any atom is -0.379 e. The lowest BCUT2D eigenvalue weighted by Gasteiger charge is -2.08. The van der Waals surface area contributed by atoms with Gasteiger partial charge in [-0.25, -0.2) is 0 Å². The van der Waals surface area contributed by atoms with Crippen molar-refractivity contribution in [3.63, 3.8) is 0 Å². The fourth-order valence-electron chi connectivity index (χ4n) is 1.56. The van der Waals surface area contributed by atoms with Gasteiger partial charge in [0.2, 0.25) is 5.91 Å². The summed E-state index contributed by atoms with van der Waals surface area (Å²) in [6.45, 7) is 6.32. The zero-order valence-electron chi connectivity index (χ0n) is 12.6. The third-order valence-corrected chi connectivity index (χ3v) is 2.59. The topological polar surface area (TPSA) is 71.3 Å². The van der Waals surface area contributed by atoms with E-state index in [-0.39, 0.29) is 5.91 Å². The highest BCUT2D eigenvalue weighted by atomic mass is 16.5. The Balaban J connectivity index is 2.09. The van der Waals surface area contributed by atoms with Gasteiger partial charge in [0, 0.05) is 12.3 Å². The van der Waals surface area contributed by atoms with Crippen molar-refractivity contribution < 1.29 is 14.3 Å². The van der Waals surface area contributed by atoms with Crippen molar-refractivity contribution in [3.8, 4) is 6.07 Å². The van der Waals surface area contributed by atoms with E-state index in [0.29, 0.717) is 43.4 Å². The zero-order chi connectivity index (χ0) is 15.5. The molecule has 0 unspecified atom stereocenters. The summed E-state index contributed by atoms with van der Waals surface area (Å²) in [5.41, 5.74) is 1.25. The van der Waals surface area contributed by atoms with Crippen LogP contribution in [-0.2, 0) is 14.3 Å². The lowest BCUT2D eigenvalue weighted by Crippen LogP contribution is -2.15. The van der Waals surface area contributed by atoms with Crippen LogP contribution in [0.15, 0.2) is 24.3 Å². The molecule has 5 heteroatoms. The lowest BCUT2D eigenvalue weighted by molar-refractivity contribution is -0.117.